The molecule has 9 rings (SSSR count). The molecule has 0 radical (unpaired) electrons. The van der Waals surface area contributed by atoms with Crippen molar-refractivity contribution in [3.8, 4) is 11.1 Å². The van der Waals surface area contributed by atoms with Gasteiger partial charge in [-0.15, -0.1) is 0 Å². The van der Waals surface area contributed by atoms with E-state index in [1.54, 1.807) is 0 Å². The Morgan fingerprint density at radius 3 is 1.89 bits per heavy atom. The van der Waals surface area contributed by atoms with Gasteiger partial charge in [0, 0.05) is 29.2 Å². The smallest absolute Gasteiger partial charge is 0.136 e. The molecule has 1 aliphatic rings. The zero-order valence-corrected chi connectivity index (χ0v) is 24.4. The van der Waals surface area contributed by atoms with E-state index in [0.29, 0.717) is 0 Å². The van der Waals surface area contributed by atoms with Gasteiger partial charge in [0.05, 0.1) is 5.41 Å². The molecule has 0 saturated heterocycles. The van der Waals surface area contributed by atoms with Crippen LogP contribution in [0.15, 0.2) is 162 Å². The van der Waals surface area contributed by atoms with E-state index < -0.39 is 5.41 Å². The van der Waals surface area contributed by atoms with Crippen LogP contribution in [0.25, 0.3) is 43.8 Å². The Hall–Kier alpha value is -5.60. The molecule has 0 atom stereocenters. The third-order valence-corrected chi connectivity index (χ3v) is 9.56. The number of hydrogen-bond donors (Lipinski definition) is 0. The van der Waals surface area contributed by atoms with Crippen LogP contribution in [0, 0.1) is 0 Å². The highest BCUT2D eigenvalue weighted by molar-refractivity contribution is 6.19. The molecule has 0 saturated carbocycles. The van der Waals surface area contributed by atoms with Gasteiger partial charge in [-0.1, -0.05) is 127 Å². The Labute approximate surface area is 256 Å². The lowest BCUT2D eigenvalue weighted by Gasteiger charge is -2.37. The molecule has 44 heavy (non-hydrogen) atoms. The summed E-state index contributed by atoms with van der Waals surface area (Å²) >= 11 is 0. The molecule has 208 valence electrons. The van der Waals surface area contributed by atoms with E-state index in [1.165, 1.54) is 55.2 Å². The normalized spacial score (nSPS) is 13.3. The summed E-state index contributed by atoms with van der Waals surface area (Å²) in [4.78, 5) is 2.34. The first kappa shape index (κ1) is 24.9. The van der Waals surface area contributed by atoms with Crippen LogP contribution in [0.4, 0.5) is 11.4 Å². The maximum Gasteiger partial charge on any atom is 0.136 e. The van der Waals surface area contributed by atoms with Gasteiger partial charge >= 0.3 is 0 Å². The summed E-state index contributed by atoms with van der Waals surface area (Å²) in [5.41, 5.74) is 11.4. The van der Waals surface area contributed by atoms with E-state index >= 15 is 0 Å². The van der Waals surface area contributed by atoms with Gasteiger partial charge in [0.15, 0.2) is 0 Å². The Balaban J connectivity index is 1.30. The van der Waals surface area contributed by atoms with Crippen molar-refractivity contribution in [3.05, 3.63) is 180 Å². The number of furan rings is 1. The van der Waals surface area contributed by atoms with Crippen molar-refractivity contribution >= 4 is 44.1 Å². The molecule has 0 bridgehead atoms. The molecule has 0 aliphatic heterocycles. The number of para-hydroxylation sites is 1. The van der Waals surface area contributed by atoms with Gasteiger partial charge in [-0.05, 0) is 74.5 Å². The maximum atomic E-state index is 6.34. The molecule has 1 aromatic heterocycles. The molecule has 2 heteroatoms. The van der Waals surface area contributed by atoms with Gasteiger partial charge in [-0.2, -0.15) is 0 Å². The summed E-state index contributed by atoms with van der Waals surface area (Å²) in [7, 11) is 2.19. The highest BCUT2D eigenvalue weighted by Gasteiger charge is 2.47. The molecule has 2 nitrogen and oxygen atoms in total. The van der Waals surface area contributed by atoms with Crippen molar-refractivity contribution < 1.29 is 4.42 Å². The second-order valence-electron chi connectivity index (χ2n) is 11.7. The van der Waals surface area contributed by atoms with Crippen molar-refractivity contribution in [2.24, 2.45) is 0 Å². The van der Waals surface area contributed by atoms with Gasteiger partial charge in [0.2, 0.25) is 0 Å². The molecule has 0 spiro atoms. The number of rotatable bonds is 4. The van der Waals surface area contributed by atoms with E-state index in [0.717, 1.165) is 22.2 Å². The van der Waals surface area contributed by atoms with Gasteiger partial charge in [0.25, 0.3) is 0 Å². The van der Waals surface area contributed by atoms with Crippen molar-refractivity contribution in [2.75, 3.05) is 11.9 Å². The molecule has 8 aromatic rings. The summed E-state index contributed by atoms with van der Waals surface area (Å²) in [6, 6.07) is 57.1. The summed E-state index contributed by atoms with van der Waals surface area (Å²) in [5, 5.41) is 4.73. The molecule has 0 fully saturated rings. The largest absolute Gasteiger partial charge is 0.456 e. The minimum atomic E-state index is -0.470. The molecule has 7 aromatic carbocycles. The van der Waals surface area contributed by atoms with Crippen LogP contribution in [-0.2, 0) is 5.41 Å². The molecule has 0 N–H and O–H groups in total. The van der Waals surface area contributed by atoms with Gasteiger partial charge < -0.3 is 9.32 Å². The second-order valence-corrected chi connectivity index (χ2v) is 11.7. The lowest BCUT2D eigenvalue weighted by Crippen LogP contribution is -2.30. The van der Waals surface area contributed by atoms with Crippen LogP contribution >= 0.6 is 0 Å². The van der Waals surface area contributed by atoms with E-state index in [-0.39, 0.29) is 0 Å². The van der Waals surface area contributed by atoms with Gasteiger partial charge in [-0.25, -0.2) is 0 Å². The van der Waals surface area contributed by atoms with Crippen molar-refractivity contribution in [2.45, 2.75) is 5.41 Å². The minimum absolute atomic E-state index is 0.470. The topological polar surface area (TPSA) is 16.4 Å². The van der Waals surface area contributed by atoms with Gasteiger partial charge in [0.1, 0.15) is 11.2 Å². The maximum absolute atomic E-state index is 6.34. The van der Waals surface area contributed by atoms with Crippen molar-refractivity contribution in [3.63, 3.8) is 0 Å². The third kappa shape index (κ3) is 3.37. The fourth-order valence-electron chi connectivity index (χ4n) is 7.65. The van der Waals surface area contributed by atoms with Crippen molar-refractivity contribution in [1.29, 1.82) is 0 Å². The first-order valence-electron chi connectivity index (χ1n) is 15.2. The molecule has 1 aliphatic carbocycles. The van der Waals surface area contributed by atoms with Crippen LogP contribution in [0.2, 0.25) is 0 Å². The number of anilines is 2. The zero-order valence-electron chi connectivity index (χ0n) is 24.4. The molecule has 0 unspecified atom stereocenters. The summed E-state index contributed by atoms with van der Waals surface area (Å²) in [6.07, 6.45) is 0. The van der Waals surface area contributed by atoms with Crippen LogP contribution in [0.1, 0.15) is 22.3 Å². The van der Waals surface area contributed by atoms with E-state index in [2.05, 4.69) is 170 Å². The first-order chi connectivity index (χ1) is 21.7. The minimum Gasteiger partial charge on any atom is -0.456 e. The van der Waals surface area contributed by atoms with Crippen LogP contribution < -0.4 is 4.90 Å². The zero-order chi connectivity index (χ0) is 29.3. The lowest BCUT2D eigenvalue weighted by atomic mass is 9.67. The van der Waals surface area contributed by atoms with Gasteiger partial charge in [-0.3, -0.25) is 0 Å². The quantitative estimate of drug-likeness (QED) is 0.212. The Kier molecular flexibility index (Phi) is 5.36. The lowest BCUT2D eigenvalue weighted by molar-refractivity contribution is 0.669. The predicted molar refractivity (Wildman–Crippen MR) is 183 cm³/mol. The Morgan fingerprint density at radius 2 is 1.11 bits per heavy atom. The van der Waals surface area contributed by atoms with E-state index in [9.17, 15) is 0 Å². The molecular formula is C42H29NO. The number of nitrogens with zero attached hydrogens (tertiary/aromatic N) is 1. The fourth-order valence-corrected chi connectivity index (χ4v) is 7.65. The average molecular weight is 564 g/mol. The van der Waals surface area contributed by atoms with Crippen LogP contribution in [-0.4, -0.2) is 7.05 Å². The fraction of sp³-hybridized carbons (Fsp3) is 0.0476. The molecule has 0 amide bonds. The third-order valence-electron chi connectivity index (χ3n) is 9.56. The highest BCUT2D eigenvalue weighted by Crippen LogP contribution is 2.58. The number of fused-ring (bicyclic) bond motifs is 8. The van der Waals surface area contributed by atoms with E-state index in [4.69, 9.17) is 4.42 Å². The standard InChI is InChI=1S/C42H29NO/c1-43(30-24-26-39-34(27-30)41-31-16-6-5-13-28(31)23-25-40(41)44-39)38-22-12-11-21-37(38)42(29-14-3-2-4-15-29)35-19-9-7-17-32(35)33-18-8-10-20-36(33)42/h2-27H,1H3. The molecular weight excluding hydrogens is 534 g/mol. The van der Waals surface area contributed by atoms with Crippen LogP contribution in [0.5, 0.6) is 0 Å². The number of hydrogen-bond acceptors (Lipinski definition) is 2. The van der Waals surface area contributed by atoms with E-state index in [1.807, 2.05) is 0 Å². The Morgan fingerprint density at radius 1 is 0.500 bits per heavy atom. The Bertz CT molecular complexity index is 2320. The SMILES string of the molecule is CN(c1ccc2oc3ccc4ccccc4c3c2c1)c1ccccc1C1(c2ccccc2)c2ccccc2-c2ccccc21. The molecule has 1 heterocycles. The second kappa shape index (κ2) is 9.45. The number of benzene rings is 7. The van der Waals surface area contributed by atoms with Crippen molar-refractivity contribution in [1.82, 2.24) is 0 Å². The average Bonchev–Trinajstić information content (AvgIpc) is 3.62. The van der Waals surface area contributed by atoms with Crippen LogP contribution in [0.3, 0.4) is 0 Å². The first-order valence-corrected chi connectivity index (χ1v) is 15.2. The highest BCUT2D eigenvalue weighted by atomic mass is 16.3. The summed E-state index contributed by atoms with van der Waals surface area (Å²) in [5.74, 6) is 0. The summed E-state index contributed by atoms with van der Waals surface area (Å²) < 4.78 is 6.34. The predicted octanol–water partition coefficient (Wildman–Crippen LogP) is 10.9. The monoisotopic (exact) mass is 563 g/mol. The summed E-state index contributed by atoms with van der Waals surface area (Å²) in [6.45, 7) is 0.